The zero-order chi connectivity index (χ0) is 24.7. The fourth-order valence-corrected chi connectivity index (χ4v) is 4.30. The molecule has 0 aliphatic carbocycles. The lowest BCUT2D eigenvalue weighted by atomic mass is 10.0. The normalized spacial score (nSPS) is 13.3. The molecule has 0 saturated heterocycles. The third-order valence-corrected chi connectivity index (χ3v) is 6.87. The van der Waals surface area contributed by atoms with E-state index in [-0.39, 0.29) is 11.5 Å². The van der Waals surface area contributed by atoms with Crippen LogP contribution in [-0.4, -0.2) is 15.0 Å². The van der Waals surface area contributed by atoms with Crippen molar-refractivity contribution in [1.29, 1.82) is 0 Å². The van der Waals surface area contributed by atoms with Gasteiger partial charge in [0.2, 0.25) is 0 Å². The summed E-state index contributed by atoms with van der Waals surface area (Å²) in [6.07, 6.45) is 17.4. The average Bonchev–Trinajstić information content (AvgIpc) is 2.73. The van der Waals surface area contributed by atoms with Crippen molar-refractivity contribution in [2.75, 3.05) is 6.61 Å². The molecule has 0 aromatic heterocycles. The van der Waals surface area contributed by atoms with Crippen LogP contribution in [0.1, 0.15) is 91.5 Å². The highest BCUT2D eigenvalue weighted by molar-refractivity contribution is 7.86. The summed E-state index contributed by atoms with van der Waals surface area (Å²) in [7, 11) is -3.66. The predicted molar refractivity (Wildman–Crippen MR) is 142 cm³/mol. The molecule has 1 rings (SSSR count). The van der Waals surface area contributed by atoms with Gasteiger partial charge in [-0.15, -0.1) is 0 Å². The quantitative estimate of drug-likeness (QED) is 0.146. The van der Waals surface area contributed by atoms with Crippen molar-refractivity contribution in [2.45, 2.75) is 97.8 Å². The molecule has 0 aliphatic heterocycles. The van der Waals surface area contributed by atoms with Crippen LogP contribution in [0.25, 0.3) is 0 Å². The summed E-state index contributed by atoms with van der Waals surface area (Å²) in [6, 6.07) is 6.74. The highest BCUT2D eigenvalue weighted by Crippen LogP contribution is 2.16. The molecule has 0 amide bonds. The van der Waals surface area contributed by atoms with Gasteiger partial charge in [-0.3, -0.25) is 4.18 Å². The summed E-state index contributed by atoms with van der Waals surface area (Å²) in [5.74, 6) is 0. The SMILES string of the molecule is CC(C)=CCC/C(C)=C/CC/C(C)=C/CCC(C)=CCCCOS(=O)(=O)c1ccc(C)cc1. The lowest BCUT2D eigenvalue weighted by Gasteiger charge is -2.05. The van der Waals surface area contributed by atoms with Crippen LogP contribution in [0.15, 0.2) is 75.8 Å². The van der Waals surface area contributed by atoms with Crippen LogP contribution in [0.2, 0.25) is 0 Å². The first-order valence-electron chi connectivity index (χ1n) is 12.2. The van der Waals surface area contributed by atoms with Gasteiger partial charge in [0.25, 0.3) is 10.1 Å². The molecule has 184 valence electrons. The highest BCUT2D eigenvalue weighted by atomic mass is 32.2. The predicted octanol–water partition coefficient (Wildman–Crippen LogP) is 8.63. The van der Waals surface area contributed by atoms with Crippen LogP contribution in [-0.2, 0) is 14.3 Å². The van der Waals surface area contributed by atoms with Crippen molar-refractivity contribution in [2.24, 2.45) is 0 Å². The van der Waals surface area contributed by atoms with E-state index in [2.05, 4.69) is 58.9 Å². The third-order valence-electron chi connectivity index (χ3n) is 5.54. The number of hydrogen-bond acceptors (Lipinski definition) is 3. The van der Waals surface area contributed by atoms with Gasteiger partial charge in [-0.05, 0) is 105 Å². The van der Waals surface area contributed by atoms with Gasteiger partial charge in [0.15, 0.2) is 0 Å². The number of aryl methyl sites for hydroxylation is 1. The van der Waals surface area contributed by atoms with Gasteiger partial charge in [-0.2, -0.15) is 8.42 Å². The van der Waals surface area contributed by atoms with E-state index in [0.29, 0.717) is 6.42 Å². The summed E-state index contributed by atoms with van der Waals surface area (Å²) < 4.78 is 29.5. The van der Waals surface area contributed by atoms with Crippen molar-refractivity contribution in [1.82, 2.24) is 0 Å². The number of allylic oxidation sites excluding steroid dienone is 8. The molecule has 0 spiro atoms. The Morgan fingerprint density at radius 2 is 1.18 bits per heavy atom. The number of rotatable bonds is 15. The molecule has 0 aliphatic rings. The molecule has 0 bridgehead atoms. The van der Waals surface area contributed by atoms with Crippen LogP contribution in [0, 0.1) is 6.92 Å². The molecule has 0 radical (unpaired) electrons. The Kier molecular flexibility index (Phi) is 14.0. The Morgan fingerprint density at radius 3 is 1.67 bits per heavy atom. The number of benzene rings is 1. The molecular formula is C29H44O3S. The zero-order valence-corrected chi connectivity index (χ0v) is 22.4. The molecule has 0 unspecified atom stereocenters. The van der Waals surface area contributed by atoms with E-state index in [1.807, 2.05) is 6.92 Å². The molecule has 3 nitrogen and oxygen atoms in total. The van der Waals surface area contributed by atoms with Crippen molar-refractivity contribution >= 4 is 10.1 Å². The largest absolute Gasteiger partial charge is 0.296 e. The summed E-state index contributed by atoms with van der Waals surface area (Å²) >= 11 is 0. The van der Waals surface area contributed by atoms with Gasteiger partial charge in [-0.25, -0.2) is 0 Å². The van der Waals surface area contributed by atoms with Crippen LogP contribution in [0.4, 0.5) is 0 Å². The standard InChI is InChI=1S/C29H44O3S/c1-24(2)12-9-14-26(4)16-11-18-27(5)17-10-15-25(3)13-7-8-23-32-33(30,31)29-21-19-28(6)20-22-29/h12-13,16-17,19-22H,7-11,14-15,18,23H2,1-6H3/b25-13?,26-16+,27-17+. The number of hydrogen-bond donors (Lipinski definition) is 0. The first-order chi connectivity index (χ1) is 15.6. The molecule has 33 heavy (non-hydrogen) atoms. The lowest BCUT2D eigenvalue weighted by molar-refractivity contribution is 0.313. The maximum atomic E-state index is 12.2. The van der Waals surface area contributed by atoms with Gasteiger partial charge in [-0.1, -0.05) is 64.3 Å². The van der Waals surface area contributed by atoms with E-state index in [9.17, 15) is 8.42 Å². The van der Waals surface area contributed by atoms with Crippen molar-refractivity contribution in [3.05, 3.63) is 76.4 Å². The Morgan fingerprint density at radius 1 is 0.727 bits per heavy atom. The molecule has 0 heterocycles. The Bertz CT molecular complexity index is 926. The fourth-order valence-electron chi connectivity index (χ4n) is 3.36. The van der Waals surface area contributed by atoms with Gasteiger partial charge in [0.1, 0.15) is 0 Å². The average molecular weight is 473 g/mol. The second kappa shape index (κ2) is 15.8. The molecular weight excluding hydrogens is 428 g/mol. The minimum absolute atomic E-state index is 0.209. The monoisotopic (exact) mass is 472 g/mol. The maximum Gasteiger partial charge on any atom is 0.296 e. The van der Waals surface area contributed by atoms with Crippen LogP contribution in [0.3, 0.4) is 0 Å². The molecule has 4 heteroatoms. The number of unbranched alkanes of at least 4 members (excludes halogenated alkanes) is 1. The molecule has 0 N–H and O–H groups in total. The summed E-state index contributed by atoms with van der Waals surface area (Å²) in [6.45, 7) is 13.0. The van der Waals surface area contributed by atoms with Crippen molar-refractivity contribution < 1.29 is 12.6 Å². The highest BCUT2D eigenvalue weighted by Gasteiger charge is 2.14. The Balaban J connectivity index is 2.24. The van der Waals surface area contributed by atoms with Gasteiger partial charge in [0, 0.05) is 0 Å². The first-order valence-corrected chi connectivity index (χ1v) is 13.6. The zero-order valence-electron chi connectivity index (χ0n) is 21.6. The first kappa shape index (κ1) is 29.1. The summed E-state index contributed by atoms with van der Waals surface area (Å²) in [4.78, 5) is 0.219. The topological polar surface area (TPSA) is 43.4 Å². The lowest BCUT2D eigenvalue weighted by Crippen LogP contribution is -2.07. The molecule has 0 saturated carbocycles. The van der Waals surface area contributed by atoms with Crippen LogP contribution < -0.4 is 0 Å². The summed E-state index contributed by atoms with van der Waals surface area (Å²) in [5, 5.41) is 0. The van der Waals surface area contributed by atoms with Crippen LogP contribution in [0.5, 0.6) is 0 Å². The summed E-state index contributed by atoms with van der Waals surface area (Å²) in [5.41, 5.74) is 6.69. The van der Waals surface area contributed by atoms with Crippen LogP contribution >= 0.6 is 0 Å². The molecule has 0 atom stereocenters. The Labute approximate surface area is 203 Å². The fraction of sp³-hybridized carbons (Fsp3) is 0.517. The van der Waals surface area contributed by atoms with Gasteiger partial charge >= 0.3 is 0 Å². The molecule has 1 aromatic rings. The maximum absolute atomic E-state index is 12.2. The minimum atomic E-state index is -3.66. The molecule has 1 aromatic carbocycles. The van der Waals surface area contributed by atoms with E-state index < -0.39 is 10.1 Å². The smallest absolute Gasteiger partial charge is 0.266 e. The third kappa shape index (κ3) is 14.1. The Hall–Kier alpha value is -1.91. The van der Waals surface area contributed by atoms with E-state index in [4.69, 9.17) is 4.18 Å². The van der Waals surface area contributed by atoms with Crippen molar-refractivity contribution in [3.8, 4) is 0 Å². The van der Waals surface area contributed by atoms with E-state index in [1.165, 1.54) is 22.3 Å². The minimum Gasteiger partial charge on any atom is -0.266 e. The van der Waals surface area contributed by atoms with Gasteiger partial charge in [0.05, 0.1) is 11.5 Å². The van der Waals surface area contributed by atoms with E-state index in [1.54, 1.807) is 24.3 Å². The van der Waals surface area contributed by atoms with Gasteiger partial charge < -0.3 is 0 Å². The molecule has 0 fully saturated rings. The van der Waals surface area contributed by atoms with E-state index >= 15 is 0 Å². The van der Waals surface area contributed by atoms with Crippen molar-refractivity contribution in [3.63, 3.8) is 0 Å². The second-order valence-electron chi connectivity index (χ2n) is 9.28. The van der Waals surface area contributed by atoms with E-state index in [0.717, 1.165) is 50.5 Å². The second-order valence-corrected chi connectivity index (χ2v) is 10.9.